The fourth-order valence-corrected chi connectivity index (χ4v) is 2.83. The van der Waals surface area contributed by atoms with Crippen molar-refractivity contribution in [2.24, 2.45) is 0 Å². The van der Waals surface area contributed by atoms with Gasteiger partial charge in [0.15, 0.2) is 5.13 Å². The minimum absolute atomic E-state index is 0.275. The zero-order valence-corrected chi connectivity index (χ0v) is 11.6. The Morgan fingerprint density at radius 2 is 2.05 bits per heavy atom. The Morgan fingerprint density at radius 1 is 1.21 bits per heavy atom. The standard InChI is InChI=1S/C14H10ClFN2S/c1-8-2-3-9(15)6-11(8)17-14-18-12-7-10(16)4-5-13(12)19-14/h2-7H,1H3,(H,17,18). The number of nitrogens with one attached hydrogen (secondary N) is 1. The molecule has 0 fully saturated rings. The highest BCUT2D eigenvalue weighted by Gasteiger charge is 2.06. The van der Waals surface area contributed by atoms with Gasteiger partial charge in [0, 0.05) is 16.8 Å². The summed E-state index contributed by atoms with van der Waals surface area (Å²) in [5.74, 6) is -0.275. The van der Waals surface area contributed by atoms with Gasteiger partial charge in [-0.05, 0) is 36.8 Å². The van der Waals surface area contributed by atoms with Crippen LogP contribution in [-0.2, 0) is 0 Å². The van der Waals surface area contributed by atoms with E-state index in [9.17, 15) is 4.39 Å². The van der Waals surface area contributed by atoms with Gasteiger partial charge >= 0.3 is 0 Å². The topological polar surface area (TPSA) is 24.9 Å². The summed E-state index contributed by atoms with van der Waals surface area (Å²) in [6.45, 7) is 1.99. The van der Waals surface area contributed by atoms with Crippen LogP contribution >= 0.6 is 22.9 Å². The molecule has 0 aliphatic rings. The number of hydrogen-bond acceptors (Lipinski definition) is 3. The van der Waals surface area contributed by atoms with Crippen molar-refractivity contribution in [3.63, 3.8) is 0 Å². The second kappa shape index (κ2) is 4.79. The third-order valence-electron chi connectivity index (χ3n) is 2.79. The van der Waals surface area contributed by atoms with Crippen LogP contribution in [0, 0.1) is 12.7 Å². The van der Waals surface area contributed by atoms with Gasteiger partial charge in [0.05, 0.1) is 10.2 Å². The van der Waals surface area contributed by atoms with Crippen LogP contribution in [0.25, 0.3) is 10.2 Å². The minimum Gasteiger partial charge on any atom is -0.331 e. The maximum absolute atomic E-state index is 13.1. The van der Waals surface area contributed by atoms with Crippen molar-refractivity contribution in [3.8, 4) is 0 Å². The molecular formula is C14H10ClFN2S. The quantitative estimate of drug-likeness (QED) is 0.707. The maximum atomic E-state index is 13.1. The first-order valence-corrected chi connectivity index (χ1v) is 6.90. The maximum Gasteiger partial charge on any atom is 0.188 e. The highest BCUT2D eigenvalue weighted by molar-refractivity contribution is 7.22. The monoisotopic (exact) mass is 292 g/mol. The lowest BCUT2D eigenvalue weighted by Gasteiger charge is -2.06. The summed E-state index contributed by atoms with van der Waals surface area (Å²) in [6, 6.07) is 10.2. The van der Waals surface area contributed by atoms with E-state index in [4.69, 9.17) is 11.6 Å². The summed E-state index contributed by atoms with van der Waals surface area (Å²) >= 11 is 7.46. The summed E-state index contributed by atoms with van der Waals surface area (Å²) in [6.07, 6.45) is 0. The molecule has 19 heavy (non-hydrogen) atoms. The molecule has 0 aliphatic heterocycles. The number of aromatic nitrogens is 1. The Bertz CT molecular complexity index is 754. The Kier molecular flexibility index (Phi) is 3.12. The average molecular weight is 293 g/mol. The number of hydrogen-bond donors (Lipinski definition) is 1. The summed E-state index contributed by atoms with van der Waals surface area (Å²) in [7, 11) is 0. The van der Waals surface area contributed by atoms with Crippen LogP contribution in [0.5, 0.6) is 0 Å². The van der Waals surface area contributed by atoms with Crippen molar-refractivity contribution in [1.29, 1.82) is 0 Å². The SMILES string of the molecule is Cc1ccc(Cl)cc1Nc1nc2cc(F)ccc2s1. The smallest absolute Gasteiger partial charge is 0.188 e. The molecule has 1 N–H and O–H groups in total. The van der Waals surface area contributed by atoms with Crippen molar-refractivity contribution in [3.05, 3.63) is 52.8 Å². The molecule has 0 bridgehead atoms. The molecule has 0 saturated carbocycles. The van der Waals surface area contributed by atoms with Crippen molar-refractivity contribution in [2.75, 3.05) is 5.32 Å². The van der Waals surface area contributed by atoms with Crippen LogP contribution < -0.4 is 5.32 Å². The fraction of sp³-hybridized carbons (Fsp3) is 0.0714. The Morgan fingerprint density at radius 3 is 2.89 bits per heavy atom. The van der Waals surface area contributed by atoms with Crippen molar-refractivity contribution in [2.45, 2.75) is 6.92 Å². The average Bonchev–Trinajstić information content (AvgIpc) is 2.75. The molecule has 2 nitrogen and oxygen atoms in total. The van der Waals surface area contributed by atoms with Crippen LogP contribution in [0.1, 0.15) is 5.56 Å². The van der Waals surface area contributed by atoms with E-state index >= 15 is 0 Å². The number of fused-ring (bicyclic) bond motifs is 1. The van der Waals surface area contributed by atoms with Gasteiger partial charge in [-0.3, -0.25) is 0 Å². The molecule has 3 aromatic rings. The van der Waals surface area contributed by atoms with Gasteiger partial charge in [0.25, 0.3) is 0 Å². The minimum atomic E-state index is -0.275. The molecule has 1 heterocycles. The van der Waals surface area contributed by atoms with E-state index in [-0.39, 0.29) is 5.82 Å². The molecule has 0 amide bonds. The van der Waals surface area contributed by atoms with Gasteiger partial charge in [-0.25, -0.2) is 9.37 Å². The Balaban J connectivity index is 1.98. The summed E-state index contributed by atoms with van der Waals surface area (Å²) in [5, 5.41) is 4.62. The lowest BCUT2D eigenvalue weighted by atomic mass is 10.2. The fourth-order valence-electron chi connectivity index (χ4n) is 1.80. The number of aryl methyl sites for hydroxylation is 1. The Labute approximate surface area is 118 Å². The predicted molar refractivity (Wildman–Crippen MR) is 79.0 cm³/mol. The van der Waals surface area contributed by atoms with Gasteiger partial charge in [0.1, 0.15) is 5.82 Å². The third-order valence-corrected chi connectivity index (χ3v) is 3.98. The van der Waals surface area contributed by atoms with Crippen LogP contribution in [0.3, 0.4) is 0 Å². The summed E-state index contributed by atoms with van der Waals surface area (Å²) in [4.78, 5) is 4.36. The van der Waals surface area contributed by atoms with Gasteiger partial charge in [0.2, 0.25) is 0 Å². The molecule has 0 aliphatic carbocycles. The van der Waals surface area contributed by atoms with Crippen LogP contribution in [0.2, 0.25) is 5.02 Å². The molecule has 1 aromatic heterocycles. The first-order valence-electron chi connectivity index (χ1n) is 5.71. The van der Waals surface area contributed by atoms with E-state index in [2.05, 4.69) is 10.3 Å². The molecule has 0 spiro atoms. The number of benzene rings is 2. The van der Waals surface area contributed by atoms with E-state index in [0.29, 0.717) is 10.5 Å². The van der Waals surface area contributed by atoms with Crippen molar-refractivity contribution >= 4 is 44.0 Å². The van der Waals surface area contributed by atoms with Crippen molar-refractivity contribution < 1.29 is 4.39 Å². The normalized spacial score (nSPS) is 10.9. The van der Waals surface area contributed by atoms with Gasteiger partial charge in [-0.15, -0.1) is 0 Å². The number of rotatable bonds is 2. The van der Waals surface area contributed by atoms with E-state index in [1.165, 1.54) is 23.5 Å². The Hall–Kier alpha value is -1.65. The predicted octanol–water partition coefficient (Wildman–Crippen LogP) is 5.14. The first kappa shape index (κ1) is 12.4. The second-order valence-electron chi connectivity index (χ2n) is 4.22. The number of thiazole rings is 1. The number of nitrogens with zero attached hydrogens (tertiary/aromatic N) is 1. The molecule has 0 saturated heterocycles. The molecule has 3 rings (SSSR count). The molecule has 0 radical (unpaired) electrons. The van der Waals surface area contributed by atoms with Gasteiger partial charge < -0.3 is 5.32 Å². The second-order valence-corrected chi connectivity index (χ2v) is 5.68. The molecule has 0 atom stereocenters. The lowest BCUT2D eigenvalue weighted by molar-refractivity contribution is 0.629. The molecule has 0 unspecified atom stereocenters. The summed E-state index contributed by atoms with van der Waals surface area (Å²) < 4.78 is 14.1. The van der Waals surface area contributed by atoms with E-state index in [1.54, 1.807) is 6.07 Å². The number of halogens is 2. The van der Waals surface area contributed by atoms with Crippen molar-refractivity contribution in [1.82, 2.24) is 4.98 Å². The molecule has 2 aromatic carbocycles. The molecule has 5 heteroatoms. The van der Waals surface area contributed by atoms with Crippen LogP contribution in [0.15, 0.2) is 36.4 Å². The third kappa shape index (κ3) is 2.55. The zero-order valence-electron chi connectivity index (χ0n) is 10.1. The van der Waals surface area contributed by atoms with Gasteiger partial charge in [-0.1, -0.05) is 29.0 Å². The summed E-state index contributed by atoms with van der Waals surface area (Å²) in [5.41, 5.74) is 2.65. The lowest BCUT2D eigenvalue weighted by Crippen LogP contribution is -1.92. The van der Waals surface area contributed by atoms with E-state index < -0.39 is 0 Å². The molecule has 96 valence electrons. The molecular weight excluding hydrogens is 283 g/mol. The zero-order chi connectivity index (χ0) is 13.4. The number of anilines is 2. The highest BCUT2D eigenvalue weighted by Crippen LogP contribution is 2.30. The highest BCUT2D eigenvalue weighted by atomic mass is 35.5. The van der Waals surface area contributed by atoms with Crippen LogP contribution in [-0.4, -0.2) is 4.98 Å². The van der Waals surface area contributed by atoms with Gasteiger partial charge in [-0.2, -0.15) is 0 Å². The van der Waals surface area contributed by atoms with E-state index in [1.807, 2.05) is 25.1 Å². The first-order chi connectivity index (χ1) is 9.11. The largest absolute Gasteiger partial charge is 0.331 e. The van der Waals surface area contributed by atoms with Crippen LogP contribution in [0.4, 0.5) is 15.2 Å². The van der Waals surface area contributed by atoms with E-state index in [0.717, 1.165) is 21.1 Å².